The Morgan fingerprint density at radius 2 is 1.92 bits per heavy atom. The molecule has 6 heteroatoms. The minimum absolute atomic E-state index is 0.110. The molecule has 2 aromatic carbocycles. The van der Waals surface area contributed by atoms with Crippen molar-refractivity contribution >= 4 is 28.6 Å². The van der Waals surface area contributed by atoms with Crippen molar-refractivity contribution in [3.05, 3.63) is 63.9 Å². The third-order valence-corrected chi connectivity index (χ3v) is 5.08. The Kier molecular flexibility index (Phi) is 4.90. The predicted molar refractivity (Wildman–Crippen MR) is 101 cm³/mol. The molecular formula is C19H19N3O2S. The lowest BCUT2D eigenvalue weighted by Gasteiger charge is -2.16. The molecule has 3 rings (SSSR count). The van der Waals surface area contributed by atoms with Crippen LogP contribution in [0.3, 0.4) is 0 Å². The van der Waals surface area contributed by atoms with Crippen LogP contribution in [0.5, 0.6) is 0 Å². The number of hydrogen-bond acceptors (Lipinski definition) is 4. The number of thioether (sulfide) groups is 1. The second-order valence-electron chi connectivity index (χ2n) is 5.84. The lowest BCUT2D eigenvalue weighted by Crippen LogP contribution is -2.23. The largest absolute Gasteiger partial charge is 0.370 e. The third kappa shape index (κ3) is 3.44. The highest BCUT2D eigenvalue weighted by molar-refractivity contribution is 7.99. The number of aryl methyl sites for hydroxylation is 1. The van der Waals surface area contributed by atoms with E-state index >= 15 is 0 Å². The van der Waals surface area contributed by atoms with Gasteiger partial charge in [-0.25, -0.2) is 4.98 Å². The van der Waals surface area contributed by atoms with Gasteiger partial charge < -0.3 is 5.73 Å². The van der Waals surface area contributed by atoms with Gasteiger partial charge in [-0.15, -0.1) is 0 Å². The van der Waals surface area contributed by atoms with E-state index in [-0.39, 0.29) is 17.9 Å². The van der Waals surface area contributed by atoms with Crippen molar-refractivity contribution in [1.29, 1.82) is 0 Å². The molecule has 0 aliphatic heterocycles. The number of carbonyl (C=O) groups excluding carboxylic acids is 1. The average Bonchev–Trinajstić information content (AvgIpc) is 2.58. The van der Waals surface area contributed by atoms with E-state index in [0.717, 1.165) is 16.8 Å². The summed E-state index contributed by atoms with van der Waals surface area (Å²) in [5, 5.41) is 1.14. The van der Waals surface area contributed by atoms with Crippen LogP contribution in [-0.2, 0) is 4.79 Å². The number of para-hydroxylation sites is 1. The number of benzene rings is 2. The van der Waals surface area contributed by atoms with Crippen molar-refractivity contribution in [3.8, 4) is 5.69 Å². The molecule has 0 saturated carbocycles. The van der Waals surface area contributed by atoms with E-state index in [2.05, 4.69) is 4.98 Å². The fourth-order valence-electron chi connectivity index (χ4n) is 2.64. The number of nitrogens with zero attached hydrogens (tertiary/aromatic N) is 2. The van der Waals surface area contributed by atoms with Crippen LogP contribution in [-0.4, -0.2) is 21.2 Å². The van der Waals surface area contributed by atoms with Crippen LogP contribution in [0.2, 0.25) is 0 Å². The van der Waals surface area contributed by atoms with Gasteiger partial charge in [0.1, 0.15) is 0 Å². The summed E-state index contributed by atoms with van der Waals surface area (Å²) in [5.74, 6) is 0.110. The predicted octanol–water partition coefficient (Wildman–Crippen LogP) is 2.97. The van der Waals surface area contributed by atoms with Crippen LogP contribution >= 0.6 is 11.8 Å². The number of fused-ring (bicyclic) bond motifs is 1. The first kappa shape index (κ1) is 17.2. The van der Waals surface area contributed by atoms with E-state index in [0.29, 0.717) is 21.8 Å². The maximum absolute atomic E-state index is 13.1. The molecule has 0 unspecified atom stereocenters. The van der Waals surface area contributed by atoms with Gasteiger partial charge in [-0.05, 0) is 43.2 Å². The number of primary amides is 1. The van der Waals surface area contributed by atoms with E-state index < -0.39 is 0 Å². The molecule has 0 atom stereocenters. The van der Waals surface area contributed by atoms with Gasteiger partial charge in [0.05, 0.1) is 16.6 Å². The Bertz CT molecular complexity index is 1010. The highest BCUT2D eigenvalue weighted by Crippen LogP contribution is 2.24. The Morgan fingerprint density at radius 3 is 2.68 bits per heavy atom. The summed E-state index contributed by atoms with van der Waals surface area (Å²) in [6.45, 7) is 4.00. The number of hydrogen-bond donors (Lipinski definition) is 1. The highest BCUT2D eigenvalue weighted by atomic mass is 32.2. The molecule has 0 bridgehead atoms. The summed E-state index contributed by atoms with van der Waals surface area (Å²) in [6, 6.07) is 13.1. The van der Waals surface area contributed by atoms with Crippen molar-refractivity contribution in [2.45, 2.75) is 25.4 Å². The smallest absolute Gasteiger partial charge is 0.266 e. The fraction of sp³-hybridized carbons (Fsp3) is 0.211. The maximum atomic E-state index is 13.1. The normalized spacial score (nSPS) is 11.0. The quantitative estimate of drug-likeness (QED) is 0.565. The van der Waals surface area contributed by atoms with E-state index in [4.69, 9.17) is 5.73 Å². The molecule has 0 aliphatic carbocycles. The molecule has 128 valence electrons. The van der Waals surface area contributed by atoms with Crippen LogP contribution in [0.25, 0.3) is 16.6 Å². The molecule has 2 N–H and O–H groups in total. The number of carbonyl (C=O) groups is 1. The molecular weight excluding hydrogens is 334 g/mol. The first-order chi connectivity index (χ1) is 12.0. The average molecular weight is 353 g/mol. The highest BCUT2D eigenvalue weighted by Gasteiger charge is 2.15. The van der Waals surface area contributed by atoms with Crippen LogP contribution in [0.4, 0.5) is 0 Å². The molecule has 0 aliphatic rings. The van der Waals surface area contributed by atoms with Gasteiger partial charge in [0.25, 0.3) is 5.56 Å². The van der Waals surface area contributed by atoms with Crippen molar-refractivity contribution in [2.75, 3.05) is 5.75 Å². The number of rotatable bonds is 5. The van der Waals surface area contributed by atoms with Gasteiger partial charge in [-0.3, -0.25) is 14.2 Å². The third-order valence-electron chi connectivity index (χ3n) is 4.14. The molecule has 3 aromatic rings. The first-order valence-electron chi connectivity index (χ1n) is 7.98. The van der Waals surface area contributed by atoms with Crippen LogP contribution in [0, 0.1) is 13.8 Å². The van der Waals surface area contributed by atoms with Gasteiger partial charge >= 0.3 is 0 Å². The van der Waals surface area contributed by atoms with Crippen LogP contribution in [0.15, 0.2) is 52.4 Å². The zero-order valence-corrected chi connectivity index (χ0v) is 15.0. The van der Waals surface area contributed by atoms with E-state index in [1.54, 1.807) is 10.6 Å². The Morgan fingerprint density at radius 1 is 1.16 bits per heavy atom. The topological polar surface area (TPSA) is 78.0 Å². The van der Waals surface area contributed by atoms with Gasteiger partial charge in [-0.1, -0.05) is 36.0 Å². The number of aromatic nitrogens is 2. The Labute approximate surface area is 149 Å². The van der Waals surface area contributed by atoms with Crippen molar-refractivity contribution in [2.24, 2.45) is 5.73 Å². The standard InChI is InChI=1S/C19H19N3O2S/c1-12-6-5-9-16(13(12)2)22-18(24)14-7-3-4-8-15(14)21-19(22)25-11-10-17(20)23/h3-9H,10-11H2,1-2H3,(H2,20,23). The molecule has 1 heterocycles. The van der Waals surface area contributed by atoms with E-state index in [1.165, 1.54) is 11.8 Å². The van der Waals surface area contributed by atoms with Crippen LogP contribution < -0.4 is 11.3 Å². The molecule has 0 spiro atoms. The summed E-state index contributed by atoms with van der Waals surface area (Å²) >= 11 is 1.36. The molecule has 0 fully saturated rings. The number of nitrogens with two attached hydrogens (primary N) is 1. The molecule has 25 heavy (non-hydrogen) atoms. The molecule has 5 nitrogen and oxygen atoms in total. The van der Waals surface area contributed by atoms with E-state index in [1.807, 2.05) is 50.2 Å². The lowest BCUT2D eigenvalue weighted by atomic mass is 10.1. The SMILES string of the molecule is Cc1cccc(-n2c(SCCC(N)=O)nc3ccccc3c2=O)c1C. The second-order valence-corrected chi connectivity index (χ2v) is 6.90. The van der Waals surface area contributed by atoms with E-state index in [9.17, 15) is 9.59 Å². The molecule has 1 aromatic heterocycles. The van der Waals surface area contributed by atoms with Crippen molar-refractivity contribution in [3.63, 3.8) is 0 Å². The monoisotopic (exact) mass is 353 g/mol. The summed E-state index contributed by atoms with van der Waals surface area (Å²) in [5.41, 5.74) is 8.71. The molecule has 1 amide bonds. The zero-order chi connectivity index (χ0) is 18.0. The lowest BCUT2D eigenvalue weighted by molar-refractivity contribution is -0.117. The Balaban J connectivity index is 2.23. The molecule has 0 radical (unpaired) electrons. The van der Waals surface area contributed by atoms with Gasteiger partial charge in [-0.2, -0.15) is 0 Å². The minimum Gasteiger partial charge on any atom is -0.370 e. The zero-order valence-electron chi connectivity index (χ0n) is 14.2. The fourth-order valence-corrected chi connectivity index (χ4v) is 3.60. The van der Waals surface area contributed by atoms with Gasteiger partial charge in [0, 0.05) is 12.2 Å². The number of amides is 1. The maximum Gasteiger partial charge on any atom is 0.266 e. The Hall–Kier alpha value is -2.60. The summed E-state index contributed by atoms with van der Waals surface area (Å²) in [4.78, 5) is 28.8. The van der Waals surface area contributed by atoms with Gasteiger partial charge in [0.15, 0.2) is 5.16 Å². The van der Waals surface area contributed by atoms with Crippen LogP contribution in [0.1, 0.15) is 17.5 Å². The van der Waals surface area contributed by atoms with Crippen molar-refractivity contribution in [1.82, 2.24) is 9.55 Å². The molecule has 0 saturated heterocycles. The second kappa shape index (κ2) is 7.11. The van der Waals surface area contributed by atoms with Gasteiger partial charge in [0.2, 0.25) is 5.91 Å². The summed E-state index contributed by atoms with van der Waals surface area (Å²) in [7, 11) is 0. The minimum atomic E-state index is -0.367. The van der Waals surface area contributed by atoms with Crippen molar-refractivity contribution < 1.29 is 4.79 Å². The summed E-state index contributed by atoms with van der Waals surface area (Å²) in [6.07, 6.45) is 0.236. The first-order valence-corrected chi connectivity index (χ1v) is 8.97. The summed E-state index contributed by atoms with van der Waals surface area (Å²) < 4.78 is 1.64.